The Labute approximate surface area is 247 Å². The zero-order valence-electron chi connectivity index (χ0n) is 24.1. The monoisotopic (exact) mass is 594 g/mol. The van der Waals surface area contributed by atoms with E-state index in [4.69, 9.17) is 4.74 Å². The van der Waals surface area contributed by atoms with E-state index in [1.165, 1.54) is 19.2 Å². The number of alkyl halides is 3. The van der Waals surface area contributed by atoms with Gasteiger partial charge in [0.05, 0.1) is 18.6 Å². The van der Waals surface area contributed by atoms with Crippen molar-refractivity contribution in [3.05, 3.63) is 83.4 Å². The minimum absolute atomic E-state index is 0.0140. The molecule has 226 valence electrons. The summed E-state index contributed by atoms with van der Waals surface area (Å²) in [5.41, 5.74) is 2.80. The number of carbonyl (C=O) groups is 4. The fraction of sp³-hybridized carbons (Fsp3) is 0.333. The Morgan fingerprint density at radius 2 is 1.60 bits per heavy atom. The summed E-state index contributed by atoms with van der Waals surface area (Å²) in [4.78, 5) is 50.3. The molecule has 0 saturated carbocycles. The highest BCUT2D eigenvalue weighted by molar-refractivity contribution is 6.03. The van der Waals surface area contributed by atoms with Crippen LogP contribution in [0.3, 0.4) is 0 Å². The molecule has 4 rings (SSSR count). The van der Waals surface area contributed by atoms with Crippen molar-refractivity contribution in [2.45, 2.75) is 45.7 Å². The second-order valence-corrected chi connectivity index (χ2v) is 11.0. The SMILES string of the molecule is COC(=O)[C@@H](CC(=O)CC1CCc2cc(-c3ccc(NC(=O)Nc4cccc(C(F)(F)F)c4)cc3)ccc2C1=O)C(C)C. The number of ketones is 2. The number of nitrogens with one attached hydrogen (secondary N) is 2. The number of carbonyl (C=O) groups excluding carboxylic acids is 4. The summed E-state index contributed by atoms with van der Waals surface area (Å²) in [7, 11) is 1.30. The summed E-state index contributed by atoms with van der Waals surface area (Å²) in [6.45, 7) is 3.72. The van der Waals surface area contributed by atoms with Crippen LogP contribution in [0, 0.1) is 17.8 Å². The van der Waals surface area contributed by atoms with Crippen LogP contribution in [0.25, 0.3) is 11.1 Å². The number of hydrogen-bond donors (Lipinski definition) is 2. The molecule has 2 amide bonds. The summed E-state index contributed by atoms with van der Waals surface area (Å²) in [5, 5.41) is 5.00. The number of benzene rings is 3. The first kappa shape index (κ1) is 31.5. The van der Waals surface area contributed by atoms with E-state index in [2.05, 4.69) is 10.6 Å². The Bertz CT molecular complexity index is 1520. The van der Waals surface area contributed by atoms with Gasteiger partial charge in [-0.2, -0.15) is 13.2 Å². The van der Waals surface area contributed by atoms with Crippen LogP contribution in [-0.2, 0) is 26.9 Å². The van der Waals surface area contributed by atoms with Crippen LogP contribution in [0.15, 0.2) is 66.7 Å². The third kappa shape index (κ3) is 7.88. The molecule has 0 aromatic heterocycles. The van der Waals surface area contributed by atoms with Crippen molar-refractivity contribution in [1.29, 1.82) is 0 Å². The first-order valence-corrected chi connectivity index (χ1v) is 14.0. The van der Waals surface area contributed by atoms with Gasteiger partial charge in [-0.1, -0.05) is 50.2 Å². The highest BCUT2D eigenvalue weighted by Gasteiger charge is 2.32. The number of urea groups is 1. The summed E-state index contributed by atoms with van der Waals surface area (Å²) < 4.78 is 43.6. The number of anilines is 2. The fourth-order valence-electron chi connectivity index (χ4n) is 5.25. The van der Waals surface area contributed by atoms with Crippen LogP contribution in [-0.4, -0.2) is 30.7 Å². The largest absolute Gasteiger partial charge is 0.469 e. The van der Waals surface area contributed by atoms with Gasteiger partial charge in [0, 0.05) is 35.7 Å². The van der Waals surface area contributed by atoms with Crippen molar-refractivity contribution >= 4 is 34.9 Å². The number of ether oxygens (including phenoxy) is 1. The molecule has 0 heterocycles. The zero-order chi connectivity index (χ0) is 31.3. The Morgan fingerprint density at radius 3 is 2.26 bits per heavy atom. The molecule has 2 N–H and O–H groups in total. The molecule has 10 heteroatoms. The maximum absolute atomic E-state index is 13.2. The second-order valence-electron chi connectivity index (χ2n) is 11.0. The molecule has 3 aromatic rings. The molecule has 0 saturated heterocycles. The molecular weight excluding hydrogens is 561 g/mol. The number of esters is 1. The van der Waals surface area contributed by atoms with Crippen LogP contribution in [0.5, 0.6) is 0 Å². The maximum atomic E-state index is 13.2. The molecule has 7 nitrogen and oxygen atoms in total. The quantitative estimate of drug-likeness (QED) is 0.249. The molecule has 0 bridgehead atoms. The average Bonchev–Trinajstić information content (AvgIpc) is 2.96. The van der Waals surface area contributed by atoms with Gasteiger partial charge in [-0.15, -0.1) is 0 Å². The Morgan fingerprint density at radius 1 is 0.930 bits per heavy atom. The van der Waals surface area contributed by atoms with E-state index in [1.54, 1.807) is 30.3 Å². The molecule has 2 atom stereocenters. The first-order valence-electron chi connectivity index (χ1n) is 14.0. The summed E-state index contributed by atoms with van der Waals surface area (Å²) in [6.07, 6.45) is -3.20. The third-order valence-corrected chi connectivity index (χ3v) is 7.66. The summed E-state index contributed by atoms with van der Waals surface area (Å²) in [5.74, 6) is -1.63. The van der Waals surface area contributed by atoms with E-state index < -0.39 is 35.6 Å². The lowest BCUT2D eigenvalue weighted by Gasteiger charge is -2.24. The van der Waals surface area contributed by atoms with Gasteiger partial charge in [-0.3, -0.25) is 14.4 Å². The predicted octanol–water partition coefficient (Wildman–Crippen LogP) is 7.56. The summed E-state index contributed by atoms with van der Waals surface area (Å²) >= 11 is 0. The second kappa shape index (κ2) is 13.2. The van der Waals surface area contributed by atoms with Crippen LogP contribution in [0.1, 0.15) is 54.6 Å². The van der Waals surface area contributed by atoms with Gasteiger partial charge in [0.15, 0.2) is 5.78 Å². The number of halogens is 3. The van der Waals surface area contributed by atoms with Gasteiger partial charge in [0.25, 0.3) is 0 Å². The molecule has 1 aliphatic carbocycles. The minimum Gasteiger partial charge on any atom is -0.469 e. The van der Waals surface area contributed by atoms with Crippen molar-refractivity contribution in [2.75, 3.05) is 17.7 Å². The van der Waals surface area contributed by atoms with Crippen molar-refractivity contribution in [2.24, 2.45) is 17.8 Å². The van der Waals surface area contributed by atoms with E-state index >= 15 is 0 Å². The minimum atomic E-state index is -4.52. The number of rotatable bonds is 9. The van der Waals surface area contributed by atoms with E-state index in [1.807, 2.05) is 26.0 Å². The van der Waals surface area contributed by atoms with Gasteiger partial charge in [0.2, 0.25) is 0 Å². The van der Waals surface area contributed by atoms with Gasteiger partial charge in [-0.05, 0) is 65.8 Å². The van der Waals surface area contributed by atoms with Gasteiger partial charge in [0.1, 0.15) is 5.78 Å². The summed E-state index contributed by atoms with van der Waals surface area (Å²) in [6, 6.07) is 16.2. The lowest BCUT2D eigenvalue weighted by atomic mass is 9.78. The molecule has 0 fully saturated rings. The molecule has 0 spiro atoms. The standard InChI is InChI=1S/C33H33F3N2O5/c1-19(2)29(31(41)43-3)18-27(39)16-23-8-7-22-15-21(11-14-28(22)30(23)40)20-9-12-25(13-10-20)37-32(42)38-26-6-4-5-24(17-26)33(34,35)36/h4-6,9-15,17,19,23,29H,7-8,16,18H2,1-3H3,(H2,37,38,42)/t23?,29-/m0/s1. The lowest BCUT2D eigenvalue weighted by Crippen LogP contribution is -2.28. The lowest BCUT2D eigenvalue weighted by molar-refractivity contribution is -0.149. The zero-order valence-corrected chi connectivity index (χ0v) is 24.1. The van der Waals surface area contributed by atoms with Crippen molar-refractivity contribution < 1.29 is 37.1 Å². The van der Waals surface area contributed by atoms with E-state index in [0.29, 0.717) is 24.1 Å². The van der Waals surface area contributed by atoms with Gasteiger partial charge in [-0.25, -0.2) is 4.79 Å². The van der Waals surface area contributed by atoms with Crippen LogP contribution in [0.2, 0.25) is 0 Å². The number of methoxy groups -OCH3 is 1. The van der Waals surface area contributed by atoms with Crippen molar-refractivity contribution in [3.8, 4) is 11.1 Å². The Hall–Kier alpha value is -4.47. The fourth-order valence-corrected chi connectivity index (χ4v) is 5.25. The first-order chi connectivity index (χ1) is 20.3. The van der Waals surface area contributed by atoms with E-state index in [0.717, 1.165) is 28.8 Å². The van der Waals surface area contributed by atoms with Crippen LogP contribution < -0.4 is 10.6 Å². The molecule has 3 aromatic carbocycles. The number of amides is 2. The number of Topliss-reactive ketones (excluding diaryl/α,β-unsaturated/α-hetero) is 2. The van der Waals surface area contributed by atoms with Crippen LogP contribution in [0.4, 0.5) is 29.3 Å². The van der Waals surface area contributed by atoms with Crippen molar-refractivity contribution in [3.63, 3.8) is 0 Å². The predicted molar refractivity (Wildman–Crippen MR) is 157 cm³/mol. The third-order valence-electron chi connectivity index (χ3n) is 7.66. The maximum Gasteiger partial charge on any atom is 0.416 e. The highest BCUT2D eigenvalue weighted by atomic mass is 19.4. The smallest absolute Gasteiger partial charge is 0.416 e. The average molecular weight is 595 g/mol. The Balaban J connectivity index is 1.37. The Kier molecular flexibility index (Phi) is 9.68. The van der Waals surface area contributed by atoms with Gasteiger partial charge >= 0.3 is 18.2 Å². The normalized spacial score (nSPS) is 15.4. The number of hydrogen-bond acceptors (Lipinski definition) is 5. The topological polar surface area (TPSA) is 102 Å². The van der Waals surface area contributed by atoms with Gasteiger partial charge < -0.3 is 15.4 Å². The van der Waals surface area contributed by atoms with E-state index in [9.17, 15) is 32.3 Å². The molecule has 0 radical (unpaired) electrons. The van der Waals surface area contributed by atoms with Crippen molar-refractivity contribution in [1.82, 2.24) is 0 Å². The molecule has 43 heavy (non-hydrogen) atoms. The molecule has 0 aliphatic heterocycles. The molecule has 1 unspecified atom stereocenters. The molecule has 1 aliphatic rings. The highest BCUT2D eigenvalue weighted by Crippen LogP contribution is 2.33. The van der Waals surface area contributed by atoms with E-state index in [-0.39, 0.29) is 36.0 Å². The number of aryl methyl sites for hydroxylation is 1. The van der Waals surface area contributed by atoms with Crippen LogP contribution >= 0.6 is 0 Å². The molecular formula is C33H33F3N2O5. The number of fused-ring (bicyclic) bond motifs is 1.